The van der Waals surface area contributed by atoms with Crippen LogP contribution in [-0.2, 0) is 17.9 Å². The van der Waals surface area contributed by atoms with E-state index in [-0.39, 0.29) is 17.9 Å². The molecule has 0 aliphatic rings. The molecule has 1 aromatic carbocycles. The largest absolute Gasteiger partial charge is 0.496 e. The SMILES string of the molecule is COc1ccccc1CN(Cc1cccs1)C(=O)C(C)C(C)N. The lowest BCUT2D eigenvalue weighted by molar-refractivity contribution is -0.136. The van der Waals surface area contributed by atoms with Crippen LogP contribution in [0.2, 0.25) is 0 Å². The summed E-state index contributed by atoms with van der Waals surface area (Å²) in [6.07, 6.45) is 0. The lowest BCUT2D eigenvalue weighted by Crippen LogP contribution is -2.41. The maximum Gasteiger partial charge on any atom is 0.227 e. The van der Waals surface area contributed by atoms with Crippen molar-refractivity contribution in [3.8, 4) is 5.75 Å². The van der Waals surface area contributed by atoms with Gasteiger partial charge in [0, 0.05) is 23.0 Å². The second kappa shape index (κ2) is 8.13. The molecular weight excluding hydrogens is 308 g/mol. The monoisotopic (exact) mass is 332 g/mol. The molecule has 2 N–H and O–H groups in total. The number of para-hydroxylation sites is 1. The summed E-state index contributed by atoms with van der Waals surface area (Å²) in [5.41, 5.74) is 6.92. The van der Waals surface area contributed by atoms with E-state index in [1.54, 1.807) is 18.4 Å². The topological polar surface area (TPSA) is 55.6 Å². The molecule has 0 saturated carbocycles. The molecule has 124 valence electrons. The highest BCUT2D eigenvalue weighted by atomic mass is 32.1. The number of benzene rings is 1. The van der Waals surface area contributed by atoms with E-state index in [1.807, 2.05) is 60.5 Å². The van der Waals surface area contributed by atoms with Gasteiger partial charge in [0.2, 0.25) is 5.91 Å². The summed E-state index contributed by atoms with van der Waals surface area (Å²) in [5, 5.41) is 2.02. The molecule has 23 heavy (non-hydrogen) atoms. The van der Waals surface area contributed by atoms with Crippen LogP contribution in [0.15, 0.2) is 41.8 Å². The zero-order valence-corrected chi connectivity index (χ0v) is 14.7. The third-order valence-corrected chi connectivity index (χ3v) is 4.83. The maximum absolute atomic E-state index is 12.8. The van der Waals surface area contributed by atoms with Crippen LogP contribution in [0, 0.1) is 5.92 Å². The molecule has 1 heterocycles. The van der Waals surface area contributed by atoms with E-state index >= 15 is 0 Å². The lowest BCUT2D eigenvalue weighted by atomic mass is 10.0. The number of nitrogens with two attached hydrogens (primary N) is 1. The fourth-order valence-corrected chi connectivity index (χ4v) is 3.07. The van der Waals surface area contributed by atoms with Crippen LogP contribution in [0.25, 0.3) is 0 Å². The van der Waals surface area contributed by atoms with E-state index in [0.717, 1.165) is 16.2 Å². The number of rotatable bonds is 7. The number of amides is 1. The molecular formula is C18H24N2O2S. The maximum atomic E-state index is 12.8. The van der Waals surface area contributed by atoms with E-state index in [4.69, 9.17) is 10.5 Å². The second-order valence-corrected chi connectivity index (χ2v) is 6.77. The second-order valence-electron chi connectivity index (χ2n) is 5.73. The van der Waals surface area contributed by atoms with Gasteiger partial charge in [-0.1, -0.05) is 31.2 Å². The predicted octanol–water partition coefficient (Wildman–Crippen LogP) is 3.27. The Balaban J connectivity index is 2.24. The average molecular weight is 332 g/mol. The van der Waals surface area contributed by atoms with E-state index < -0.39 is 0 Å². The number of nitrogens with zero attached hydrogens (tertiary/aromatic N) is 1. The number of ether oxygens (including phenoxy) is 1. The molecule has 1 amide bonds. The number of hydrogen-bond acceptors (Lipinski definition) is 4. The first-order valence-corrected chi connectivity index (χ1v) is 8.59. The third kappa shape index (κ3) is 4.56. The molecule has 0 aliphatic heterocycles. The van der Waals surface area contributed by atoms with Crippen LogP contribution in [0.1, 0.15) is 24.3 Å². The van der Waals surface area contributed by atoms with Crippen molar-refractivity contribution < 1.29 is 9.53 Å². The Morgan fingerprint density at radius 2 is 1.96 bits per heavy atom. The van der Waals surface area contributed by atoms with Crippen LogP contribution in [0.5, 0.6) is 5.75 Å². The van der Waals surface area contributed by atoms with Crippen molar-refractivity contribution in [2.45, 2.75) is 33.0 Å². The van der Waals surface area contributed by atoms with Gasteiger partial charge in [-0.15, -0.1) is 11.3 Å². The smallest absolute Gasteiger partial charge is 0.227 e. The summed E-state index contributed by atoms with van der Waals surface area (Å²) in [6, 6.07) is 11.7. The number of hydrogen-bond donors (Lipinski definition) is 1. The Labute approximate surface area is 141 Å². The van der Waals surface area contributed by atoms with Crippen molar-refractivity contribution in [1.82, 2.24) is 4.90 Å². The highest BCUT2D eigenvalue weighted by Gasteiger charge is 2.24. The van der Waals surface area contributed by atoms with Crippen LogP contribution in [0.3, 0.4) is 0 Å². The van der Waals surface area contributed by atoms with Gasteiger partial charge in [-0.05, 0) is 24.4 Å². The summed E-state index contributed by atoms with van der Waals surface area (Å²) in [5.74, 6) is 0.647. The molecule has 2 aromatic rings. The highest BCUT2D eigenvalue weighted by molar-refractivity contribution is 7.09. The quantitative estimate of drug-likeness (QED) is 0.846. The fourth-order valence-electron chi connectivity index (χ4n) is 2.35. The van der Waals surface area contributed by atoms with Gasteiger partial charge in [-0.3, -0.25) is 4.79 Å². The Bertz CT molecular complexity index is 626. The molecule has 1 aromatic heterocycles. The average Bonchev–Trinajstić information content (AvgIpc) is 3.06. The standard InChI is InChI=1S/C18H24N2O2S/c1-13(14(2)19)18(21)20(12-16-8-6-10-23-16)11-15-7-4-5-9-17(15)22-3/h4-10,13-14H,11-12,19H2,1-3H3. The van der Waals surface area contributed by atoms with Crippen molar-refractivity contribution in [3.05, 3.63) is 52.2 Å². The van der Waals surface area contributed by atoms with Crippen LogP contribution >= 0.6 is 11.3 Å². The summed E-state index contributed by atoms with van der Waals surface area (Å²) in [7, 11) is 1.65. The predicted molar refractivity (Wildman–Crippen MR) is 94.4 cm³/mol. The van der Waals surface area contributed by atoms with Crippen LogP contribution in [-0.4, -0.2) is 24.0 Å². The van der Waals surface area contributed by atoms with Crippen molar-refractivity contribution in [2.24, 2.45) is 11.7 Å². The first-order valence-electron chi connectivity index (χ1n) is 7.71. The van der Waals surface area contributed by atoms with E-state index in [0.29, 0.717) is 13.1 Å². The summed E-state index contributed by atoms with van der Waals surface area (Å²) in [4.78, 5) is 15.8. The minimum atomic E-state index is -0.218. The van der Waals surface area contributed by atoms with E-state index in [2.05, 4.69) is 0 Å². The molecule has 2 unspecified atom stereocenters. The van der Waals surface area contributed by atoms with Crippen molar-refractivity contribution in [1.29, 1.82) is 0 Å². The molecule has 0 radical (unpaired) electrons. The molecule has 0 spiro atoms. The number of carbonyl (C=O) groups is 1. The number of thiophene rings is 1. The highest BCUT2D eigenvalue weighted by Crippen LogP contribution is 2.23. The van der Waals surface area contributed by atoms with Crippen LogP contribution < -0.4 is 10.5 Å². The number of methoxy groups -OCH3 is 1. The molecule has 2 atom stereocenters. The lowest BCUT2D eigenvalue weighted by Gasteiger charge is -2.27. The molecule has 0 bridgehead atoms. The first kappa shape index (κ1) is 17.5. The Hall–Kier alpha value is -1.85. The molecule has 0 fully saturated rings. The van der Waals surface area contributed by atoms with Gasteiger partial charge in [0.05, 0.1) is 19.6 Å². The van der Waals surface area contributed by atoms with Crippen LogP contribution in [0.4, 0.5) is 0 Å². The van der Waals surface area contributed by atoms with Gasteiger partial charge in [-0.2, -0.15) is 0 Å². The fraction of sp³-hybridized carbons (Fsp3) is 0.389. The molecule has 4 nitrogen and oxygen atoms in total. The Morgan fingerprint density at radius 1 is 1.22 bits per heavy atom. The molecule has 0 saturated heterocycles. The molecule has 5 heteroatoms. The zero-order valence-electron chi connectivity index (χ0n) is 13.9. The summed E-state index contributed by atoms with van der Waals surface area (Å²) < 4.78 is 5.41. The third-order valence-electron chi connectivity index (χ3n) is 3.97. The van der Waals surface area contributed by atoms with Gasteiger partial charge in [0.15, 0.2) is 0 Å². The Morgan fingerprint density at radius 3 is 2.57 bits per heavy atom. The van der Waals surface area contributed by atoms with E-state index in [1.165, 1.54) is 0 Å². The minimum Gasteiger partial charge on any atom is -0.496 e. The van der Waals surface area contributed by atoms with Gasteiger partial charge in [0.25, 0.3) is 0 Å². The van der Waals surface area contributed by atoms with Gasteiger partial charge >= 0.3 is 0 Å². The van der Waals surface area contributed by atoms with Gasteiger partial charge in [-0.25, -0.2) is 0 Å². The summed E-state index contributed by atoms with van der Waals surface area (Å²) >= 11 is 1.65. The zero-order chi connectivity index (χ0) is 16.8. The summed E-state index contributed by atoms with van der Waals surface area (Å²) in [6.45, 7) is 4.86. The minimum absolute atomic E-state index is 0.0688. The molecule has 2 rings (SSSR count). The molecule has 0 aliphatic carbocycles. The van der Waals surface area contributed by atoms with Crippen molar-refractivity contribution in [2.75, 3.05) is 7.11 Å². The van der Waals surface area contributed by atoms with Crippen molar-refractivity contribution in [3.63, 3.8) is 0 Å². The normalized spacial score (nSPS) is 13.4. The number of carbonyl (C=O) groups excluding carboxylic acids is 1. The van der Waals surface area contributed by atoms with Gasteiger partial charge in [0.1, 0.15) is 5.75 Å². The van der Waals surface area contributed by atoms with E-state index in [9.17, 15) is 4.79 Å². The van der Waals surface area contributed by atoms with Crippen molar-refractivity contribution >= 4 is 17.2 Å². The first-order chi connectivity index (χ1) is 11.0. The Kier molecular flexibility index (Phi) is 6.19. The van der Waals surface area contributed by atoms with Gasteiger partial charge < -0.3 is 15.4 Å².